The van der Waals surface area contributed by atoms with Gasteiger partial charge in [-0.1, -0.05) is 22.6 Å². The SMILES string of the molecule is CC(C)(C)OC(=O)NCI. The van der Waals surface area contributed by atoms with Gasteiger partial charge in [-0.25, -0.2) is 4.79 Å². The van der Waals surface area contributed by atoms with E-state index in [1.165, 1.54) is 0 Å². The highest BCUT2D eigenvalue weighted by atomic mass is 127. The number of alkyl carbamates (subject to hydrolysis) is 1. The molecule has 60 valence electrons. The smallest absolute Gasteiger partial charge is 0.408 e. The van der Waals surface area contributed by atoms with Gasteiger partial charge in [0, 0.05) is 0 Å². The minimum Gasteiger partial charge on any atom is -0.444 e. The zero-order valence-electron chi connectivity index (χ0n) is 6.40. The lowest BCUT2D eigenvalue weighted by Gasteiger charge is -2.18. The van der Waals surface area contributed by atoms with Gasteiger partial charge < -0.3 is 10.1 Å². The molecule has 0 atom stereocenters. The molecular weight excluding hydrogens is 245 g/mol. The van der Waals surface area contributed by atoms with Crippen LogP contribution >= 0.6 is 22.6 Å². The number of amides is 1. The topological polar surface area (TPSA) is 38.3 Å². The van der Waals surface area contributed by atoms with Crippen LogP contribution in [0.25, 0.3) is 0 Å². The summed E-state index contributed by atoms with van der Waals surface area (Å²) in [4.78, 5) is 10.7. The molecular formula is C6H12INO2. The first-order chi connectivity index (χ1) is 4.45. The van der Waals surface area contributed by atoms with Crippen LogP contribution in [0.5, 0.6) is 0 Å². The molecule has 3 nitrogen and oxygen atoms in total. The van der Waals surface area contributed by atoms with Crippen LogP contribution in [0.4, 0.5) is 4.79 Å². The highest BCUT2D eigenvalue weighted by molar-refractivity contribution is 14.1. The van der Waals surface area contributed by atoms with Gasteiger partial charge in [0.25, 0.3) is 0 Å². The molecule has 0 unspecified atom stereocenters. The molecule has 4 heteroatoms. The van der Waals surface area contributed by atoms with E-state index in [4.69, 9.17) is 4.74 Å². The summed E-state index contributed by atoms with van der Waals surface area (Å²) in [6.45, 7) is 5.50. The molecule has 1 amide bonds. The highest BCUT2D eigenvalue weighted by Crippen LogP contribution is 2.06. The predicted molar refractivity (Wildman–Crippen MR) is 48.3 cm³/mol. The number of halogens is 1. The number of ether oxygens (including phenoxy) is 1. The monoisotopic (exact) mass is 257 g/mol. The first-order valence-corrected chi connectivity index (χ1v) is 4.51. The van der Waals surface area contributed by atoms with Crippen molar-refractivity contribution >= 4 is 28.7 Å². The van der Waals surface area contributed by atoms with Gasteiger partial charge in [-0.05, 0) is 20.8 Å². The molecule has 0 fully saturated rings. The Bertz CT molecular complexity index is 119. The number of rotatable bonds is 1. The second-order valence-electron chi connectivity index (χ2n) is 2.81. The zero-order chi connectivity index (χ0) is 8.20. The van der Waals surface area contributed by atoms with Crippen molar-refractivity contribution < 1.29 is 9.53 Å². The van der Waals surface area contributed by atoms with E-state index in [2.05, 4.69) is 5.32 Å². The fraction of sp³-hybridized carbons (Fsp3) is 0.833. The number of carbonyl (C=O) groups is 1. The van der Waals surface area contributed by atoms with E-state index in [1.807, 2.05) is 43.4 Å². The van der Waals surface area contributed by atoms with Gasteiger partial charge in [-0.2, -0.15) is 0 Å². The van der Waals surface area contributed by atoms with Crippen LogP contribution in [0.3, 0.4) is 0 Å². The number of hydrogen-bond acceptors (Lipinski definition) is 2. The van der Waals surface area contributed by atoms with E-state index in [0.717, 1.165) is 0 Å². The predicted octanol–water partition coefficient (Wildman–Crippen LogP) is 1.90. The maximum Gasteiger partial charge on any atom is 0.408 e. The maximum absolute atomic E-state index is 10.7. The van der Waals surface area contributed by atoms with Gasteiger partial charge in [-0.3, -0.25) is 0 Å². The second-order valence-corrected chi connectivity index (χ2v) is 3.58. The third kappa shape index (κ3) is 6.12. The summed E-state index contributed by atoms with van der Waals surface area (Å²) in [5, 5.41) is 2.53. The Hall–Kier alpha value is 0. The summed E-state index contributed by atoms with van der Waals surface area (Å²) in [5.74, 6) is 0. The van der Waals surface area contributed by atoms with E-state index < -0.39 is 5.60 Å². The van der Waals surface area contributed by atoms with E-state index in [1.54, 1.807) is 0 Å². The molecule has 10 heavy (non-hydrogen) atoms. The molecule has 0 aromatic heterocycles. The molecule has 0 radical (unpaired) electrons. The lowest BCUT2D eigenvalue weighted by molar-refractivity contribution is 0.0540. The molecule has 0 spiro atoms. The summed E-state index contributed by atoms with van der Waals surface area (Å²) in [6, 6.07) is 0. The highest BCUT2D eigenvalue weighted by Gasteiger charge is 2.14. The number of hydrogen-bond donors (Lipinski definition) is 1. The van der Waals surface area contributed by atoms with Gasteiger partial charge in [0.15, 0.2) is 0 Å². The molecule has 0 bridgehead atoms. The Labute approximate surface area is 74.7 Å². The fourth-order valence-corrected chi connectivity index (χ4v) is 0.680. The fourth-order valence-electron chi connectivity index (χ4n) is 0.369. The normalized spacial score (nSPS) is 10.8. The third-order valence-electron chi connectivity index (χ3n) is 0.610. The lowest BCUT2D eigenvalue weighted by atomic mass is 10.2. The van der Waals surface area contributed by atoms with Crippen molar-refractivity contribution in [3.63, 3.8) is 0 Å². The van der Waals surface area contributed by atoms with Gasteiger partial charge in [0.05, 0.1) is 4.55 Å². The molecule has 0 aliphatic heterocycles. The summed E-state index contributed by atoms with van der Waals surface area (Å²) in [5.41, 5.74) is -0.393. The number of nitrogens with one attached hydrogen (secondary N) is 1. The Balaban J connectivity index is 3.58. The summed E-state index contributed by atoms with van der Waals surface area (Å²) in [6.07, 6.45) is -0.359. The van der Waals surface area contributed by atoms with Crippen LogP contribution in [0.1, 0.15) is 20.8 Å². The molecule has 0 saturated heterocycles. The Morgan fingerprint density at radius 3 is 2.40 bits per heavy atom. The Morgan fingerprint density at radius 2 is 2.10 bits per heavy atom. The van der Waals surface area contributed by atoms with Crippen molar-refractivity contribution in [1.82, 2.24) is 5.32 Å². The minimum atomic E-state index is -0.393. The van der Waals surface area contributed by atoms with Crippen LogP contribution in [0.15, 0.2) is 0 Å². The minimum absolute atomic E-state index is 0.359. The molecule has 1 N–H and O–H groups in total. The van der Waals surface area contributed by atoms with E-state index in [9.17, 15) is 4.79 Å². The van der Waals surface area contributed by atoms with Crippen molar-refractivity contribution in [1.29, 1.82) is 0 Å². The second kappa shape index (κ2) is 4.00. The van der Waals surface area contributed by atoms with Gasteiger partial charge in [0.1, 0.15) is 5.60 Å². The van der Waals surface area contributed by atoms with Crippen LogP contribution in [-0.4, -0.2) is 16.2 Å². The Kier molecular flexibility index (Phi) is 4.00. The van der Waals surface area contributed by atoms with Gasteiger partial charge >= 0.3 is 6.09 Å². The number of carbonyl (C=O) groups excluding carboxylic acids is 1. The van der Waals surface area contributed by atoms with Crippen molar-refractivity contribution in [3.05, 3.63) is 0 Å². The van der Waals surface area contributed by atoms with E-state index in [0.29, 0.717) is 4.55 Å². The summed E-state index contributed by atoms with van der Waals surface area (Å²) < 4.78 is 5.50. The largest absolute Gasteiger partial charge is 0.444 e. The maximum atomic E-state index is 10.7. The third-order valence-corrected chi connectivity index (χ3v) is 0.991. The van der Waals surface area contributed by atoms with Crippen LogP contribution in [0.2, 0.25) is 0 Å². The average Bonchev–Trinajstić information content (AvgIpc) is 1.59. The van der Waals surface area contributed by atoms with Gasteiger partial charge in [-0.15, -0.1) is 0 Å². The molecule has 0 aliphatic carbocycles. The van der Waals surface area contributed by atoms with Gasteiger partial charge in [0.2, 0.25) is 0 Å². The molecule has 0 aromatic carbocycles. The van der Waals surface area contributed by atoms with Crippen LogP contribution in [-0.2, 0) is 4.74 Å². The van der Waals surface area contributed by atoms with E-state index in [-0.39, 0.29) is 6.09 Å². The first kappa shape index (κ1) is 10.0. The summed E-state index contributed by atoms with van der Waals surface area (Å²) in [7, 11) is 0. The lowest BCUT2D eigenvalue weighted by Crippen LogP contribution is -2.31. The molecule has 0 rings (SSSR count). The van der Waals surface area contributed by atoms with Crippen molar-refractivity contribution in [2.45, 2.75) is 26.4 Å². The molecule has 0 aliphatic rings. The zero-order valence-corrected chi connectivity index (χ0v) is 8.56. The average molecular weight is 257 g/mol. The van der Waals surface area contributed by atoms with Crippen molar-refractivity contribution in [2.24, 2.45) is 0 Å². The molecule has 0 aromatic rings. The Morgan fingerprint density at radius 1 is 1.60 bits per heavy atom. The van der Waals surface area contributed by atoms with Crippen molar-refractivity contribution in [2.75, 3.05) is 4.55 Å². The van der Waals surface area contributed by atoms with Crippen LogP contribution in [0, 0.1) is 0 Å². The van der Waals surface area contributed by atoms with Crippen LogP contribution < -0.4 is 5.32 Å². The number of alkyl halides is 1. The molecule has 0 saturated carbocycles. The van der Waals surface area contributed by atoms with Crippen molar-refractivity contribution in [3.8, 4) is 0 Å². The summed E-state index contributed by atoms with van der Waals surface area (Å²) >= 11 is 2.04. The molecule has 0 heterocycles. The standard InChI is InChI=1S/C6H12INO2/c1-6(2,3)10-5(9)8-4-7/h4H2,1-3H3,(H,8,9). The van der Waals surface area contributed by atoms with E-state index >= 15 is 0 Å². The quantitative estimate of drug-likeness (QED) is 0.442. The first-order valence-electron chi connectivity index (χ1n) is 2.98.